The van der Waals surface area contributed by atoms with Crippen LogP contribution in [0.25, 0.3) is 22.0 Å². The Balaban J connectivity index is 1.89. The molecule has 0 aliphatic heterocycles. The van der Waals surface area contributed by atoms with Gasteiger partial charge >= 0.3 is 0 Å². The average molecular weight is 456 g/mol. The molecule has 7 nitrogen and oxygen atoms in total. The molecule has 0 radical (unpaired) electrons. The summed E-state index contributed by atoms with van der Waals surface area (Å²) in [7, 11) is 0. The Morgan fingerprint density at radius 2 is 1.56 bits per heavy atom. The van der Waals surface area contributed by atoms with E-state index in [1.165, 1.54) is 5.56 Å². The number of aromatic nitrogens is 3. The molecule has 4 rings (SSSR count). The normalized spacial score (nSPS) is 11.7. The van der Waals surface area contributed by atoms with E-state index in [-0.39, 0.29) is 16.7 Å². The van der Waals surface area contributed by atoms with Gasteiger partial charge in [0.15, 0.2) is 0 Å². The smallest absolute Gasteiger partial charge is 0.267 e. The highest BCUT2D eigenvalue weighted by atomic mass is 16.1. The van der Waals surface area contributed by atoms with E-state index in [0.29, 0.717) is 34.3 Å². The number of rotatable bonds is 5. The topological polar surface area (TPSA) is 117 Å². The third-order valence-corrected chi connectivity index (χ3v) is 6.16. The molecule has 0 bridgehead atoms. The predicted octanol–water partition coefficient (Wildman–Crippen LogP) is 4.26. The highest BCUT2D eigenvalue weighted by Gasteiger charge is 2.27. The van der Waals surface area contributed by atoms with Gasteiger partial charge in [-0.2, -0.15) is 5.10 Å². The zero-order chi connectivity index (χ0) is 24.8. The van der Waals surface area contributed by atoms with Crippen LogP contribution in [-0.4, -0.2) is 26.6 Å². The minimum atomic E-state index is -0.729. The second-order valence-electron chi connectivity index (χ2n) is 9.61. The molecule has 174 valence electrons. The number of nitrogens with two attached hydrogens (primary N) is 2. The Morgan fingerprint density at radius 3 is 2.15 bits per heavy atom. The van der Waals surface area contributed by atoms with Crippen molar-refractivity contribution in [2.75, 3.05) is 0 Å². The maximum absolute atomic E-state index is 12.6. The van der Waals surface area contributed by atoms with Crippen LogP contribution in [0.4, 0.5) is 0 Å². The van der Waals surface area contributed by atoms with Crippen LogP contribution in [0.2, 0.25) is 0 Å². The van der Waals surface area contributed by atoms with Gasteiger partial charge in [0.2, 0.25) is 5.91 Å². The number of carbonyl (C=O) groups is 2. The molecule has 2 heterocycles. The van der Waals surface area contributed by atoms with E-state index >= 15 is 0 Å². The van der Waals surface area contributed by atoms with E-state index in [2.05, 4.69) is 50.0 Å². The van der Waals surface area contributed by atoms with Crippen LogP contribution in [-0.2, 0) is 12.0 Å². The number of amides is 2. The quantitative estimate of drug-likeness (QED) is 0.467. The molecule has 4 N–H and O–H groups in total. The summed E-state index contributed by atoms with van der Waals surface area (Å²) in [5, 5.41) is 5.29. The number of primary amides is 2. The summed E-state index contributed by atoms with van der Waals surface area (Å²) >= 11 is 0. The Morgan fingerprint density at radius 1 is 0.912 bits per heavy atom. The van der Waals surface area contributed by atoms with Crippen molar-refractivity contribution in [2.45, 2.75) is 46.6 Å². The second kappa shape index (κ2) is 8.41. The van der Waals surface area contributed by atoms with Crippen molar-refractivity contribution < 1.29 is 9.59 Å². The molecule has 0 fully saturated rings. The first-order chi connectivity index (χ1) is 16.0. The lowest BCUT2D eigenvalue weighted by molar-refractivity contribution is 0.0996. The average Bonchev–Trinajstić information content (AvgIpc) is 3.04. The van der Waals surface area contributed by atoms with Gasteiger partial charge in [0.1, 0.15) is 5.69 Å². The van der Waals surface area contributed by atoms with Crippen LogP contribution < -0.4 is 11.5 Å². The van der Waals surface area contributed by atoms with E-state index in [1.54, 1.807) is 24.3 Å². The van der Waals surface area contributed by atoms with E-state index < -0.39 is 11.8 Å². The van der Waals surface area contributed by atoms with Crippen LogP contribution >= 0.6 is 0 Å². The molecule has 4 aromatic rings. The van der Waals surface area contributed by atoms with Crippen molar-refractivity contribution >= 4 is 22.7 Å². The first-order valence-corrected chi connectivity index (χ1v) is 11.1. The van der Waals surface area contributed by atoms with E-state index in [4.69, 9.17) is 16.6 Å². The summed E-state index contributed by atoms with van der Waals surface area (Å²) in [6, 6.07) is 15.5. The highest BCUT2D eigenvalue weighted by molar-refractivity contribution is 6.15. The first-order valence-electron chi connectivity index (χ1n) is 11.1. The molecule has 0 aliphatic rings. The molecule has 2 aromatic carbocycles. The standard InChI is InChI=1S/C27H29N5O2/c1-15-21(16(2)32(31-15)14-17-10-12-18(13-11-17)27(3,4)5)23-22(25(28)33)19-8-6-7-9-20(19)30-24(23)26(29)34/h6-13H,14H2,1-5H3,(H2,28,33)(H2,29,34). The van der Waals surface area contributed by atoms with E-state index in [0.717, 1.165) is 11.3 Å². The number of hydrogen-bond donors (Lipinski definition) is 2. The van der Waals surface area contributed by atoms with Gasteiger partial charge in [0, 0.05) is 22.2 Å². The molecule has 0 saturated heterocycles. The van der Waals surface area contributed by atoms with Crippen LogP contribution in [0.3, 0.4) is 0 Å². The number of carbonyl (C=O) groups excluding carboxylic acids is 2. The molecular weight excluding hydrogens is 426 g/mol. The maximum Gasteiger partial charge on any atom is 0.267 e. The molecule has 2 amide bonds. The first kappa shape index (κ1) is 23.2. The molecule has 0 aliphatic carbocycles. The highest BCUT2D eigenvalue weighted by Crippen LogP contribution is 2.36. The number of nitrogens with zero attached hydrogens (tertiary/aromatic N) is 3. The summed E-state index contributed by atoms with van der Waals surface area (Å²) in [5.74, 6) is -1.38. The number of para-hydroxylation sites is 1. The van der Waals surface area contributed by atoms with Gasteiger partial charge in [0.05, 0.1) is 23.3 Å². The van der Waals surface area contributed by atoms with Crippen molar-refractivity contribution in [3.63, 3.8) is 0 Å². The van der Waals surface area contributed by atoms with Gasteiger partial charge in [-0.15, -0.1) is 0 Å². The van der Waals surface area contributed by atoms with Crippen LogP contribution in [0, 0.1) is 13.8 Å². The van der Waals surface area contributed by atoms with E-state index in [9.17, 15) is 9.59 Å². The minimum absolute atomic E-state index is 0.00720. The number of pyridine rings is 1. The van der Waals surface area contributed by atoms with Crippen molar-refractivity contribution in [1.29, 1.82) is 0 Å². The van der Waals surface area contributed by atoms with Crippen molar-refractivity contribution in [1.82, 2.24) is 14.8 Å². The van der Waals surface area contributed by atoms with Crippen molar-refractivity contribution in [3.05, 3.63) is 82.3 Å². The Kier molecular flexibility index (Phi) is 5.73. The van der Waals surface area contributed by atoms with Gasteiger partial charge in [-0.1, -0.05) is 63.2 Å². The molecular formula is C27H29N5O2. The SMILES string of the molecule is Cc1nn(Cc2ccc(C(C)(C)C)cc2)c(C)c1-c1c(C(N)=O)nc2ccccc2c1C(N)=O. The summed E-state index contributed by atoms with van der Waals surface area (Å²) in [6.07, 6.45) is 0. The summed E-state index contributed by atoms with van der Waals surface area (Å²) < 4.78 is 1.86. The van der Waals surface area contributed by atoms with Crippen molar-refractivity contribution in [3.8, 4) is 11.1 Å². The van der Waals surface area contributed by atoms with Gasteiger partial charge in [-0.3, -0.25) is 14.3 Å². The molecule has 0 saturated carbocycles. The Labute approximate surface area is 198 Å². The maximum atomic E-state index is 12.6. The largest absolute Gasteiger partial charge is 0.366 e. The number of aryl methyl sites for hydroxylation is 1. The Hall–Kier alpha value is -4.00. The molecule has 0 unspecified atom stereocenters. The number of fused-ring (bicyclic) bond motifs is 1. The van der Waals surface area contributed by atoms with Crippen LogP contribution in [0.5, 0.6) is 0 Å². The molecule has 0 spiro atoms. The monoisotopic (exact) mass is 455 g/mol. The summed E-state index contributed by atoms with van der Waals surface area (Å²) in [5.41, 5.74) is 17.1. The lowest BCUT2D eigenvalue weighted by Crippen LogP contribution is -2.21. The molecule has 34 heavy (non-hydrogen) atoms. The van der Waals surface area contributed by atoms with Gasteiger partial charge in [0.25, 0.3) is 5.91 Å². The lowest BCUT2D eigenvalue weighted by Gasteiger charge is -2.19. The molecule has 2 aromatic heterocycles. The van der Waals surface area contributed by atoms with Gasteiger partial charge in [-0.25, -0.2) is 4.98 Å². The summed E-state index contributed by atoms with van der Waals surface area (Å²) in [6.45, 7) is 10.8. The zero-order valence-electron chi connectivity index (χ0n) is 20.1. The number of benzene rings is 2. The van der Waals surface area contributed by atoms with E-state index in [1.807, 2.05) is 18.5 Å². The van der Waals surface area contributed by atoms with Crippen LogP contribution in [0.1, 0.15) is 64.1 Å². The Bertz CT molecular complexity index is 1430. The number of hydrogen-bond acceptors (Lipinski definition) is 4. The van der Waals surface area contributed by atoms with Gasteiger partial charge < -0.3 is 11.5 Å². The van der Waals surface area contributed by atoms with Gasteiger partial charge in [-0.05, 0) is 36.5 Å². The predicted molar refractivity (Wildman–Crippen MR) is 134 cm³/mol. The molecule has 7 heteroatoms. The lowest BCUT2D eigenvalue weighted by atomic mass is 9.87. The second-order valence-corrected chi connectivity index (χ2v) is 9.61. The van der Waals surface area contributed by atoms with Crippen LogP contribution in [0.15, 0.2) is 48.5 Å². The fraction of sp³-hybridized carbons (Fsp3) is 0.259. The molecule has 0 atom stereocenters. The summed E-state index contributed by atoms with van der Waals surface area (Å²) in [4.78, 5) is 29.5. The third-order valence-electron chi connectivity index (χ3n) is 6.16. The zero-order valence-corrected chi connectivity index (χ0v) is 20.1. The fourth-order valence-corrected chi connectivity index (χ4v) is 4.39. The van der Waals surface area contributed by atoms with Crippen molar-refractivity contribution in [2.24, 2.45) is 11.5 Å². The third kappa shape index (κ3) is 4.05. The minimum Gasteiger partial charge on any atom is -0.366 e. The fourth-order valence-electron chi connectivity index (χ4n) is 4.39.